The van der Waals surface area contributed by atoms with Gasteiger partial charge in [-0.2, -0.15) is 8.78 Å². The van der Waals surface area contributed by atoms with E-state index in [4.69, 9.17) is 0 Å². The third kappa shape index (κ3) is 3.23. The van der Waals surface area contributed by atoms with Crippen molar-refractivity contribution in [3.63, 3.8) is 0 Å². The first-order chi connectivity index (χ1) is 6.63. The molecular formula is C9H9BrF2O2. The Labute approximate surface area is 88.6 Å². The summed E-state index contributed by atoms with van der Waals surface area (Å²) in [4.78, 5) is 0. The predicted molar refractivity (Wildman–Crippen MR) is 51.8 cm³/mol. The maximum Gasteiger partial charge on any atom is 0.387 e. The molecule has 0 heterocycles. The van der Waals surface area contributed by atoms with Gasteiger partial charge in [-0.3, -0.25) is 0 Å². The Morgan fingerprint density at radius 3 is 2.71 bits per heavy atom. The summed E-state index contributed by atoms with van der Waals surface area (Å²) in [5, 5.41) is 9.75. The van der Waals surface area contributed by atoms with Crippen LogP contribution in [0.2, 0.25) is 0 Å². The van der Waals surface area contributed by atoms with Gasteiger partial charge in [0.05, 0.1) is 6.10 Å². The van der Waals surface area contributed by atoms with E-state index in [9.17, 15) is 13.9 Å². The zero-order valence-corrected chi connectivity index (χ0v) is 8.75. The van der Waals surface area contributed by atoms with Gasteiger partial charge in [-0.1, -0.05) is 28.1 Å². The van der Waals surface area contributed by atoms with E-state index in [-0.39, 0.29) is 5.75 Å². The van der Waals surface area contributed by atoms with Gasteiger partial charge in [0.2, 0.25) is 0 Å². The molecule has 0 amide bonds. The van der Waals surface area contributed by atoms with Crippen molar-refractivity contribution in [2.45, 2.75) is 12.7 Å². The van der Waals surface area contributed by atoms with Crippen molar-refractivity contribution in [3.05, 3.63) is 29.8 Å². The van der Waals surface area contributed by atoms with E-state index in [1.54, 1.807) is 12.1 Å². The van der Waals surface area contributed by atoms with Gasteiger partial charge in [0.1, 0.15) is 5.75 Å². The van der Waals surface area contributed by atoms with Crippen molar-refractivity contribution < 1.29 is 18.6 Å². The Hall–Kier alpha value is -0.680. The van der Waals surface area contributed by atoms with Crippen molar-refractivity contribution >= 4 is 15.9 Å². The lowest BCUT2D eigenvalue weighted by Crippen LogP contribution is -2.03. The molecule has 1 N–H and O–H groups in total. The average Bonchev–Trinajstić information content (AvgIpc) is 2.16. The molecule has 78 valence electrons. The zero-order chi connectivity index (χ0) is 10.6. The predicted octanol–water partition coefficient (Wildman–Crippen LogP) is 2.72. The van der Waals surface area contributed by atoms with Gasteiger partial charge >= 0.3 is 6.61 Å². The first kappa shape index (κ1) is 11.4. The van der Waals surface area contributed by atoms with E-state index in [2.05, 4.69) is 20.7 Å². The van der Waals surface area contributed by atoms with Crippen molar-refractivity contribution in [2.75, 3.05) is 5.33 Å². The first-order valence-electron chi connectivity index (χ1n) is 3.92. The number of ether oxygens (including phenoxy) is 1. The molecule has 0 spiro atoms. The summed E-state index contributed by atoms with van der Waals surface area (Å²) in [6, 6.07) is 6.00. The van der Waals surface area contributed by atoms with Crippen LogP contribution in [0.25, 0.3) is 0 Å². The molecule has 0 aliphatic heterocycles. The van der Waals surface area contributed by atoms with Gasteiger partial charge in [0.25, 0.3) is 0 Å². The van der Waals surface area contributed by atoms with E-state index in [0.717, 1.165) is 0 Å². The number of hydrogen-bond acceptors (Lipinski definition) is 2. The highest BCUT2D eigenvalue weighted by Crippen LogP contribution is 2.21. The van der Waals surface area contributed by atoms with Crippen LogP contribution in [0.5, 0.6) is 5.75 Å². The third-order valence-corrected chi connectivity index (χ3v) is 2.23. The molecule has 2 nitrogen and oxygen atoms in total. The minimum absolute atomic E-state index is 0.0532. The molecule has 0 aliphatic rings. The van der Waals surface area contributed by atoms with Gasteiger partial charge in [-0.15, -0.1) is 0 Å². The van der Waals surface area contributed by atoms with Crippen LogP contribution in [0.3, 0.4) is 0 Å². The number of alkyl halides is 3. The second-order valence-electron chi connectivity index (χ2n) is 2.62. The number of benzene rings is 1. The molecule has 0 radical (unpaired) electrons. The maximum atomic E-state index is 11.8. The van der Waals surface area contributed by atoms with Crippen molar-refractivity contribution in [1.82, 2.24) is 0 Å². The molecule has 1 rings (SSSR count). The largest absolute Gasteiger partial charge is 0.435 e. The molecule has 1 atom stereocenters. The fraction of sp³-hybridized carbons (Fsp3) is 0.333. The zero-order valence-electron chi connectivity index (χ0n) is 7.16. The Morgan fingerprint density at radius 1 is 1.43 bits per heavy atom. The number of aliphatic hydroxyl groups excluding tert-OH is 1. The monoisotopic (exact) mass is 266 g/mol. The fourth-order valence-corrected chi connectivity index (χ4v) is 1.36. The average molecular weight is 267 g/mol. The normalized spacial score (nSPS) is 12.9. The Bertz CT molecular complexity index is 294. The van der Waals surface area contributed by atoms with Crippen LogP contribution in [-0.2, 0) is 0 Å². The minimum atomic E-state index is -2.84. The van der Waals surface area contributed by atoms with E-state index < -0.39 is 12.7 Å². The van der Waals surface area contributed by atoms with Gasteiger partial charge in [0, 0.05) is 5.33 Å². The molecule has 0 unspecified atom stereocenters. The third-order valence-electron chi connectivity index (χ3n) is 1.61. The molecule has 0 aliphatic carbocycles. The number of hydrogen-bond donors (Lipinski definition) is 1. The molecule has 5 heteroatoms. The standard InChI is InChI=1S/C9H9BrF2O2/c10-5-8(13)6-2-1-3-7(4-6)14-9(11)12/h1-4,8-9,13H,5H2/t8-/m1/s1. The second-order valence-corrected chi connectivity index (χ2v) is 3.27. The van der Waals surface area contributed by atoms with E-state index in [1.807, 2.05) is 0 Å². The highest BCUT2D eigenvalue weighted by Gasteiger charge is 2.08. The van der Waals surface area contributed by atoms with Crippen LogP contribution in [-0.4, -0.2) is 17.0 Å². The SMILES string of the molecule is O[C@H](CBr)c1cccc(OC(F)F)c1. The van der Waals surface area contributed by atoms with Crippen LogP contribution in [0.4, 0.5) is 8.78 Å². The Kier molecular flexibility index (Phi) is 4.28. The first-order valence-corrected chi connectivity index (χ1v) is 5.04. The number of halogens is 3. The molecule has 1 aromatic carbocycles. The summed E-state index contributed by atoms with van der Waals surface area (Å²) in [7, 11) is 0. The lowest BCUT2D eigenvalue weighted by atomic mass is 10.1. The van der Waals surface area contributed by atoms with E-state index in [1.165, 1.54) is 12.1 Å². The van der Waals surface area contributed by atoms with Gasteiger partial charge in [0.15, 0.2) is 0 Å². The smallest absolute Gasteiger partial charge is 0.387 e. The molecule has 1 aromatic rings. The van der Waals surface area contributed by atoms with E-state index >= 15 is 0 Å². The van der Waals surface area contributed by atoms with Crippen LogP contribution in [0.15, 0.2) is 24.3 Å². The van der Waals surface area contributed by atoms with Gasteiger partial charge < -0.3 is 9.84 Å². The van der Waals surface area contributed by atoms with Crippen molar-refractivity contribution in [2.24, 2.45) is 0 Å². The number of rotatable bonds is 4. The minimum Gasteiger partial charge on any atom is -0.435 e. The molecule has 0 aromatic heterocycles. The molecular weight excluding hydrogens is 258 g/mol. The topological polar surface area (TPSA) is 29.5 Å². The highest BCUT2D eigenvalue weighted by molar-refractivity contribution is 9.09. The molecule has 0 bridgehead atoms. The fourth-order valence-electron chi connectivity index (χ4n) is 0.987. The van der Waals surface area contributed by atoms with Crippen molar-refractivity contribution in [3.8, 4) is 5.75 Å². The summed E-state index contributed by atoms with van der Waals surface area (Å²) in [5.41, 5.74) is 0.542. The summed E-state index contributed by atoms with van der Waals surface area (Å²) >= 11 is 3.09. The summed E-state index contributed by atoms with van der Waals surface area (Å²) < 4.78 is 27.9. The van der Waals surface area contributed by atoms with E-state index in [0.29, 0.717) is 10.9 Å². The lowest BCUT2D eigenvalue weighted by molar-refractivity contribution is -0.0499. The maximum absolute atomic E-state index is 11.8. The highest BCUT2D eigenvalue weighted by atomic mass is 79.9. The molecule has 0 saturated heterocycles. The Balaban J connectivity index is 2.78. The molecule has 0 saturated carbocycles. The molecule has 14 heavy (non-hydrogen) atoms. The van der Waals surface area contributed by atoms with Crippen LogP contribution in [0, 0.1) is 0 Å². The second kappa shape index (κ2) is 5.26. The van der Waals surface area contributed by atoms with Gasteiger partial charge in [-0.25, -0.2) is 0 Å². The summed E-state index contributed by atoms with van der Waals surface area (Å²) in [6.45, 7) is -2.84. The Morgan fingerprint density at radius 2 is 2.14 bits per heavy atom. The lowest BCUT2D eigenvalue weighted by Gasteiger charge is -2.09. The molecule has 0 fully saturated rings. The van der Waals surface area contributed by atoms with Crippen LogP contribution in [0.1, 0.15) is 11.7 Å². The van der Waals surface area contributed by atoms with Crippen LogP contribution >= 0.6 is 15.9 Å². The number of aliphatic hydroxyl groups is 1. The van der Waals surface area contributed by atoms with Crippen molar-refractivity contribution in [1.29, 1.82) is 0 Å². The van der Waals surface area contributed by atoms with Crippen LogP contribution < -0.4 is 4.74 Å². The quantitative estimate of drug-likeness (QED) is 0.850. The summed E-state index contributed by atoms with van der Waals surface area (Å²) in [6.07, 6.45) is -0.712. The summed E-state index contributed by atoms with van der Waals surface area (Å²) in [5.74, 6) is 0.0532. The van der Waals surface area contributed by atoms with Gasteiger partial charge in [-0.05, 0) is 17.7 Å².